The Hall–Kier alpha value is -3.62. The van der Waals surface area contributed by atoms with Crippen LogP contribution in [-0.4, -0.2) is 43.7 Å². The molecule has 0 spiro atoms. The summed E-state index contributed by atoms with van der Waals surface area (Å²) >= 11 is 1.64. The number of anilines is 3. The number of nitrogens with zero attached hydrogens (tertiary/aromatic N) is 4. The predicted octanol–water partition coefficient (Wildman–Crippen LogP) is 4.93. The number of aromatic nitrogens is 3. The zero-order chi connectivity index (χ0) is 27.1. The fourth-order valence-electron chi connectivity index (χ4n) is 4.61. The van der Waals surface area contributed by atoms with Crippen LogP contribution in [0.1, 0.15) is 73.3 Å². The SMILES string of the molecule is CC(C)Nc1cc(Nc2ncc(C#N)cc2F)ncc1C(=O)NC1CCC(O)(CCCc2nccs2)CC1. The molecule has 4 N–H and O–H groups in total. The molecule has 0 atom stereocenters. The summed E-state index contributed by atoms with van der Waals surface area (Å²) < 4.78 is 14.3. The standard InChI is InChI=1S/C27H32FN7O2S/c1-17(2)33-22-13-23(35-25-21(28)12-18(14-29)15-32-25)31-16-20(22)26(36)34-19-5-8-27(37,9-6-19)7-3-4-24-30-10-11-38-24/h10-13,15-17,19,37H,3-9H2,1-2H3,(H,34,36)(H2,31,32,33,35). The molecule has 38 heavy (non-hydrogen) atoms. The number of rotatable bonds is 10. The number of hydrogen-bond donors (Lipinski definition) is 4. The average Bonchev–Trinajstić information content (AvgIpc) is 3.40. The smallest absolute Gasteiger partial charge is 0.255 e. The van der Waals surface area contributed by atoms with Crippen LogP contribution < -0.4 is 16.0 Å². The maximum Gasteiger partial charge on any atom is 0.255 e. The van der Waals surface area contributed by atoms with Crippen LogP contribution in [0.25, 0.3) is 0 Å². The number of carbonyl (C=O) groups excluding carboxylic acids is 1. The van der Waals surface area contributed by atoms with Gasteiger partial charge in [-0.05, 0) is 64.9 Å². The van der Waals surface area contributed by atoms with Crippen molar-refractivity contribution >= 4 is 34.6 Å². The molecule has 4 rings (SSSR count). The number of nitrogens with one attached hydrogen (secondary N) is 3. The lowest BCUT2D eigenvalue weighted by Gasteiger charge is -2.36. The predicted molar refractivity (Wildman–Crippen MR) is 145 cm³/mol. The second kappa shape index (κ2) is 12.3. The van der Waals surface area contributed by atoms with Crippen molar-refractivity contribution in [3.8, 4) is 6.07 Å². The van der Waals surface area contributed by atoms with Gasteiger partial charge < -0.3 is 21.1 Å². The highest BCUT2D eigenvalue weighted by Crippen LogP contribution is 2.33. The topological polar surface area (TPSA) is 136 Å². The van der Waals surface area contributed by atoms with Crippen molar-refractivity contribution in [3.63, 3.8) is 0 Å². The van der Waals surface area contributed by atoms with Gasteiger partial charge in [0.2, 0.25) is 0 Å². The maximum absolute atomic E-state index is 14.3. The number of carbonyl (C=O) groups is 1. The molecule has 1 aliphatic carbocycles. The number of aryl methyl sites for hydroxylation is 1. The van der Waals surface area contributed by atoms with E-state index in [1.165, 1.54) is 12.4 Å². The third-order valence-electron chi connectivity index (χ3n) is 6.58. The molecule has 9 nitrogen and oxygen atoms in total. The zero-order valence-electron chi connectivity index (χ0n) is 21.5. The Labute approximate surface area is 225 Å². The number of aliphatic hydroxyl groups is 1. The minimum atomic E-state index is -0.702. The van der Waals surface area contributed by atoms with Crippen LogP contribution in [0.5, 0.6) is 0 Å². The van der Waals surface area contributed by atoms with E-state index in [0.717, 1.165) is 30.3 Å². The third-order valence-corrected chi connectivity index (χ3v) is 7.42. The first-order chi connectivity index (χ1) is 18.2. The normalized spacial score (nSPS) is 19.1. The average molecular weight is 538 g/mol. The molecule has 1 fully saturated rings. The second-order valence-corrected chi connectivity index (χ2v) is 10.9. The molecule has 11 heteroatoms. The van der Waals surface area contributed by atoms with E-state index in [0.29, 0.717) is 42.8 Å². The summed E-state index contributed by atoms with van der Waals surface area (Å²) in [4.78, 5) is 25.7. The van der Waals surface area contributed by atoms with Gasteiger partial charge in [0.15, 0.2) is 11.6 Å². The molecule has 0 aliphatic heterocycles. The summed E-state index contributed by atoms with van der Waals surface area (Å²) in [6.45, 7) is 3.90. The van der Waals surface area contributed by atoms with Crippen LogP contribution in [0.4, 0.5) is 21.7 Å². The lowest BCUT2D eigenvalue weighted by Crippen LogP contribution is -2.43. The monoisotopic (exact) mass is 537 g/mol. The number of amides is 1. The Bertz CT molecular complexity index is 1290. The lowest BCUT2D eigenvalue weighted by atomic mass is 9.79. The van der Waals surface area contributed by atoms with E-state index in [2.05, 4.69) is 30.9 Å². The van der Waals surface area contributed by atoms with Gasteiger partial charge in [-0.1, -0.05) is 0 Å². The number of hydrogen-bond acceptors (Lipinski definition) is 9. The Morgan fingerprint density at radius 2 is 2.05 bits per heavy atom. The Morgan fingerprint density at radius 1 is 1.26 bits per heavy atom. The van der Waals surface area contributed by atoms with E-state index in [9.17, 15) is 14.3 Å². The summed E-state index contributed by atoms with van der Waals surface area (Å²) in [7, 11) is 0. The van der Waals surface area contributed by atoms with Crippen LogP contribution in [0.15, 0.2) is 36.1 Å². The number of nitriles is 1. The van der Waals surface area contributed by atoms with Crippen molar-refractivity contribution in [3.05, 3.63) is 58.1 Å². The molecule has 0 bridgehead atoms. The van der Waals surface area contributed by atoms with Gasteiger partial charge in [0.25, 0.3) is 5.91 Å². The van der Waals surface area contributed by atoms with Crippen molar-refractivity contribution in [1.82, 2.24) is 20.3 Å². The van der Waals surface area contributed by atoms with Crippen LogP contribution in [0.3, 0.4) is 0 Å². The fourth-order valence-corrected chi connectivity index (χ4v) is 5.27. The first kappa shape index (κ1) is 27.4. The van der Waals surface area contributed by atoms with Crippen LogP contribution in [0, 0.1) is 17.1 Å². The van der Waals surface area contributed by atoms with Gasteiger partial charge in [-0.15, -0.1) is 11.3 Å². The summed E-state index contributed by atoms with van der Waals surface area (Å²) in [5.74, 6) is -0.688. The summed E-state index contributed by atoms with van der Waals surface area (Å²) in [6, 6.07) is 4.57. The van der Waals surface area contributed by atoms with E-state index in [4.69, 9.17) is 5.26 Å². The van der Waals surface area contributed by atoms with Gasteiger partial charge >= 0.3 is 0 Å². The molecule has 0 saturated heterocycles. The molecular weight excluding hydrogens is 505 g/mol. The van der Waals surface area contributed by atoms with E-state index in [1.807, 2.05) is 25.3 Å². The van der Waals surface area contributed by atoms with Crippen LogP contribution >= 0.6 is 11.3 Å². The Kier molecular flexibility index (Phi) is 8.86. The first-order valence-electron chi connectivity index (χ1n) is 12.8. The molecule has 1 saturated carbocycles. The van der Waals surface area contributed by atoms with Gasteiger partial charge in [0.05, 0.1) is 27.4 Å². The number of pyridine rings is 2. The highest BCUT2D eigenvalue weighted by molar-refractivity contribution is 7.09. The second-order valence-electron chi connectivity index (χ2n) is 9.96. The largest absolute Gasteiger partial charge is 0.390 e. The first-order valence-corrected chi connectivity index (χ1v) is 13.6. The molecule has 3 aromatic heterocycles. The molecule has 0 unspecified atom stereocenters. The highest BCUT2D eigenvalue weighted by Gasteiger charge is 2.33. The van der Waals surface area contributed by atoms with Gasteiger partial charge in [-0.25, -0.2) is 19.3 Å². The minimum Gasteiger partial charge on any atom is -0.390 e. The van der Waals surface area contributed by atoms with E-state index < -0.39 is 11.4 Å². The van der Waals surface area contributed by atoms with Crippen LogP contribution in [-0.2, 0) is 6.42 Å². The van der Waals surface area contributed by atoms with Crippen molar-refractivity contribution in [1.29, 1.82) is 5.26 Å². The molecule has 0 aromatic carbocycles. The fraction of sp³-hybridized carbons (Fsp3) is 0.444. The van der Waals surface area contributed by atoms with E-state index in [-0.39, 0.29) is 29.4 Å². The summed E-state index contributed by atoms with van der Waals surface area (Å²) in [5, 5.41) is 32.1. The van der Waals surface area contributed by atoms with Gasteiger partial charge in [-0.2, -0.15) is 5.26 Å². The highest BCUT2D eigenvalue weighted by atomic mass is 32.1. The molecule has 0 radical (unpaired) electrons. The lowest BCUT2D eigenvalue weighted by molar-refractivity contribution is -0.0121. The quantitative estimate of drug-likeness (QED) is 0.286. The van der Waals surface area contributed by atoms with Crippen molar-refractivity contribution in [2.24, 2.45) is 0 Å². The van der Waals surface area contributed by atoms with E-state index >= 15 is 0 Å². The van der Waals surface area contributed by atoms with Crippen LogP contribution in [0.2, 0.25) is 0 Å². The summed E-state index contributed by atoms with van der Waals surface area (Å²) in [6.07, 6.45) is 9.67. The number of halogens is 1. The Balaban J connectivity index is 1.37. The summed E-state index contributed by atoms with van der Waals surface area (Å²) in [5.41, 5.74) is 0.347. The van der Waals surface area contributed by atoms with Crippen molar-refractivity contribution in [2.75, 3.05) is 10.6 Å². The molecule has 3 aromatic rings. The van der Waals surface area contributed by atoms with Gasteiger partial charge in [0.1, 0.15) is 11.9 Å². The zero-order valence-corrected chi connectivity index (χ0v) is 22.3. The van der Waals surface area contributed by atoms with Crippen molar-refractivity contribution < 1.29 is 14.3 Å². The molecule has 200 valence electrons. The molecule has 3 heterocycles. The van der Waals surface area contributed by atoms with Gasteiger partial charge in [-0.3, -0.25) is 4.79 Å². The molecular formula is C27H32FN7O2S. The molecule has 1 amide bonds. The number of thiazole rings is 1. The third kappa shape index (κ3) is 7.24. The van der Waals surface area contributed by atoms with E-state index in [1.54, 1.807) is 23.6 Å². The Morgan fingerprint density at radius 3 is 2.71 bits per heavy atom. The minimum absolute atomic E-state index is 0.0376. The van der Waals surface area contributed by atoms with Crippen molar-refractivity contribution in [2.45, 2.75) is 76.5 Å². The van der Waals surface area contributed by atoms with Gasteiger partial charge in [0, 0.05) is 42.1 Å². The molecule has 1 aliphatic rings. The maximum atomic E-state index is 14.3.